The van der Waals surface area contributed by atoms with Gasteiger partial charge in [-0.15, -0.1) is 0 Å². The Bertz CT molecular complexity index is 1150. The molecule has 0 fully saturated rings. The first kappa shape index (κ1) is 24.3. The molecule has 0 bridgehead atoms. The van der Waals surface area contributed by atoms with Crippen molar-refractivity contribution < 1.29 is 23.9 Å². The Morgan fingerprint density at radius 2 is 1.56 bits per heavy atom. The molecular weight excluding hydrogens is 432 g/mol. The van der Waals surface area contributed by atoms with E-state index in [-0.39, 0.29) is 18.4 Å². The first-order valence-corrected chi connectivity index (χ1v) is 10.8. The van der Waals surface area contributed by atoms with Crippen molar-refractivity contribution in [2.24, 2.45) is 0 Å². The molecule has 7 nitrogen and oxygen atoms in total. The highest BCUT2D eigenvalue weighted by molar-refractivity contribution is 6.01. The molecule has 3 aromatic carbocycles. The molecule has 2 N–H and O–H groups in total. The lowest BCUT2D eigenvalue weighted by atomic mass is 10.1. The van der Waals surface area contributed by atoms with Crippen molar-refractivity contribution in [2.75, 3.05) is 11.9 Å². The highest BCUT2D eigenvalue weighted by atomic mass is 16.7. The second-order valence-electron chi connectivity index (χ2n) is 7.42. The van der Waals surface area contributed by atoms with Crippen LogP contribution >= 0.6 is 0 Å². The first-order chi connectivity index (χ1) is 16.4. The summed E-state index contributed by atoms with van der Waals surface area (Å²) in [5, 5.41) is 5.64. The van der Waals surface area contributed by atoms with E-state index in [9.17, 15) is 14.4 Å². The van der Waals surface area contributed by atoms with E-state index in [1.54, 1.807) is 37.3 Å². The number of carbonyl (C=O) groups excluding carboxylic acids is 3. The van der Waals surface area contributed by atoms with Gasteiger partial charge < -0.3 is 20.1 Å². The van der Waals surface area contributed by atoms with Crippen LogP contribution in [-0.4, -0.2) is 24.6 Å². The van der Waals surface area contributed by atoms with Crippen molar-refractivity contribution in [1.29, 1.82) is 0 Å². The molecule has 0 unspecified atom stereocenters. The van der Waals surface area contributed by atoms with E-state index in [0.29, 0.717) is 23.5 Å². The third-order valence-corrected chi connectivity index (χ3v) is 4.76. The van der Waals surface area contributed by atoms with E-state index in [1.807, 2.05) is 43.3 Å². The third kappa shape index (κ3) is 7.63. The molecule has 0 radical (unpaired) electrons. The second kappa shape index (κ2) is 12.0. The molecular formula is C27H26N2O5. The van der Waals surface area contributed by atoms with Crippen molar-refractivity contribution in [2.45, 2.75) is 20.4 Å². The Morgan fingerprint density at radius 1 is 0.882 bits per heavy atom. The maximum Gasteiger partial charge on any atom is 0.513 e. The molecule has 7 heteroatoms. The van der Waals surface area contributed by atoms with Gasteiger partial charge in [0.1, 0.15) is 5.75 Å². The highest BCUT2D eigenvalue weighted by Crippen LogP contribution is 2.14. The van der Waals surface area contributed by atoms with Crippen molar-refractivity contribution in [3.05, 3.63) is 101 Å². The molecule has 0 aromatic heterocycles. The highest BCUT2D eigenvalue weighted by Gasteiger charge is 2.08. The molecule has 0 aliphatic rings. The average Bonchev–Trinajstić information content (AvgIpc) is 2.83. The Hall–Kier alpha value is -4.39. The van der Waals surface area contributed by atoms with Crippen LogP contribution < -0.4 is 15.4 Å². The zero-order chi connectivity index (χ0) is 24.3. The molecule has 3 aromatic rings. The van der Waals surface area contributed by atoms with E-state index < -0.39 is 6.16 Å². The molecule has 174 valence electrons. The van der Waals surface area contributed by atoms with Gasteiger partial charge in [-0.2, -0.15) is 0 Å². The number of hydrogen-bond donors (Lipinski definition) is 2. The lowest BCUT2D eigenvalue weighted by molar-refractivity contribution is -0.111. The van der Waals surface area contributed by atoms with E-state index in [1.165, 1.54) is 18.2 Å². The van der Waals surface area contributed by atoms with Crippen LogP contribution in [0, 0.1) is 6.92 Å². The standard InChI is InChI=1S/C27H26N2O5/c1-3-33-27(32)34-24-15-11-22(12-16-24)26(31)28-18-21-8-13-23(14-9-21)29-25(30)17-10-20-6-4-19(2)5-7-20/h4-17H,3,18H2,1-2H3,(H,28,31)(H,29,30)/b17-10+. The fraction of sp³-hybridized carbons (Fsp3) is 0.148. The number of benzene rings is 3. The molecule has 2 amide bonds. The van der Waals surface area contributed by atoms with Crippen molar-refractivity contribution >= 4 is 29.7 Å². The smallest absolute Gasteiger partial charge is 0.434 e. The minimum atomic E-state index is -0.790. The Balaban J connectivity index is 1.46. The average molecular weight is 459 g/mol. The summed E-state index contributed by atoms with van der Waals surface area (Å²) in [6.45, 7) is 4.24. The summed E-state index contributed by atoms with van der Waals surface area (Å²) in [6, 6.07) is 21.3. The van der Waals surface area contributed by atoms with Crippen LogP contribution in [0.1, 0.15) is 34.0 Å². The van der Waals surface area contributed by atoms with Crippen LogP contribution in [0.3, 0.4) is 0 Å². The predicted molar refractivity (Wildman–Crippen MR) is 131 cm³/mol. The second-order valence-corrected chi connectivity index (χ2v) is 7.42. The number of amides is 2. The predicted octanol–water partition coefficient (Wildman–Crippen LogP) is 5.11. The van der Waals surface area contributed by atoms with Gasteiger partial charge in [0.15, 0.2) is 0 Å². The maximum absolute atomic E-state index is 12.4. The lowest BCUT2D eigenvalue weighted by Gasteiger charge is -2.08. The zero-order valence-electron chi connectivity index (χ0n) is 19.0. The molecule has 3 rings (SSSR count). The number of aryl methyl sites for hydroxylation is 1. The van der Waals surface area contributed by atoms with E-state index in [2.05, 4.69) is 10.6 Å². The zero-order valence-corrected chi connectivity index (χ0v) is 19.0. The largest absolute Gasteiger partial charge is 0.513 e. The van der Waals surface area contributed by atoms with Gasteiger partial charge in [0, 0.05) is 23.9 Å². The summed E-state index contributed by atoms with van der Waals surface area (Å²) in [4.78, 5) is 35.8. The van der Waals surface area contributed by atoms with Crippen molar-refractivity contribution in [3.63, 3.8) is 0 Å². The molecule has 0 saturated heterocycles. The molecule has 0 spiro atoms. The fourth-order valence-corrected chi connectivity index (χ4v) is 2.94. The quantitative estimate of drug-likeness (QED) is 0.278. The topological polar surface area (TPSA) is 93.7 Å². The van der Waals surface area contributed by atoms with Crippen LogP contribution in [0.4, 0.5) is 10.5 Å². The first-order valence-electron chi connectivity index (χ1n) is 10.8. The van der Waals surface area contributed by atoms with Gasteiger partial charge >= 0.3 is 6.16 Å². The molecule has 0 aliphatic carbocycles. The molecule has 0 saturated carbocycles. The van der Waals surface area contributed by atoms with Gasteiger partial charge in [-0.25, -0.2) is 4.79 Å². The number of carbonyl (C=O) groups is 3. The summed E-state index contributed by atoms with van der Waals surface area (Å²) in [5.74, 6) is -0.195. The van der Waals surface area contributed by atoms with Gasteiger partial charge in [-0.3, -0.25) is 9.59 Å². The van der Waals surface area contributed by atoms with E-state index >= 15 is 0 Å². The minimum absolute atomic E-state index is 0.220. The monoisotopic (exact) mass is 458 g/mol. The molecule has 0 aliphatic heterocycles. The number of anilines is 1. The number of nitrogens with one attached hydrogen (secondary N) is 2. The van der Waals surface area contributed by atoms with Gasteiger partial charge in [0.25, 0.3) is 5.91 Å². The summed E-state index contributed by atoms with van der Waals surface area (Å²) in [6.07, 6.45) is 2.46. The SMILES string of the molecule is CCOC(=O)Oc1ccc(C(=O)NCc2ccc(NC(=O)/C=C/c3ccc(C)cc3)cc2)cc1. The van der Waals surface area contributed by atoms with Crippen LogP contribution in [0.5, 0.6) is 5.75 Å². The van der Waals surface area contributed by atoms with Crippen LogP contribution in [0.2, 0.25) is 0 Å². The van der Waals surface area contributed by atoms with Crippen LogP contribution in [0.15, 0.2) is 78.9 Å². The van der Waals surface area contributed by atoms with Gasteiger partial charge in [-0.05, 0) is 67.4 Å². The van der Waals surface area contributed by atoms with Crippen molar-refractivity contribution in [1.82, 2.24) is 5.32 Å². The van der Waals surface area contributed by atoms with Gasteiger partial charge in [0.2, 0.25) is 5.91 Å². The maximum atomic E-state index is 12.4. The van der Waals surface area contributed by atoms with Crippen LogP contribution in [-0.2, 0) is 16.1 Å². The number of ether oxygens (including phenoxy) is 2. The van der Waals surface area contributed by atoms with Crippen LogP contribution in [0.25, 0.3) is 6.08 Å². The Morgan fingerprint density at radius 3 is 2.21 bits per heavy atom. The minimum Gasteiger partial charge on any atom is -0.434 e. The third-order valence-electron chi connectivity index (χ3n) is 4.76. The van der Waals surface area contributed by atoms with E-state index in [0.717, 1.165) is 16.7 Å². The Labute approximate surface area is 198 Å². The van der Waals surface area contributed by atoms with E-state index in [4.69, 9.17) is 9.47 Å². The molecule has 0 heterocycles. The summed E-state index contributed by atoms with van der Waals surface area (Å²) in [5.41, 5.74) is 4.08. The van der Waals surface area contributed by atoms with Gasteiger partial charge in [0.05, 0.1) is 6.61 Å². The van der Waals surface area contributed by atoms with Crippen molar-refractivity contribution in [3.8, 4) is 5.75 Å². The normalized spacial score (nSPS) is 10.5. The summed E-state index contributed by atoms with van der Waals surface area (Å²) < 4.78 is 9.68. The van der Waals surface area contributed by atoms with Gasteiger partial charge in [-0.1, -0.05) is 42.0 Å². The fourth-order valence-electron chi connectivity index (χ4n) is 2.94. The summed E-state index contributed by atoms with van der Waals surface area (Å²) >= 11 is 0. The molecule has 0 atom stereocenters. The Kier molecular flexibility index (Phi) is 8.57. The lowest BCUT2D eigenvalue weighted by Crippen LogP contribution is -2.22. The molecule has 34 heavy (non-hydrogen) atoms. The summed E-state index contributed by atoms with van der Waals surface area (Å²) in [7, 11) is 0. The number of hydrogen-bond acceptors (Lipinski definition) is 5. The number of rotatable bonds is 8.